The minimum Gasteiger partial charge on any atom is -0.475 e. The van der Waals surface area contributed by atoms with Crippen molar-refractivity contribution in [3.05, 3.63) is 29.0 Å². The highest BCUT2D eigenvalue weighted by atomic mass is 35.5. The van der Waals surface area contributed by atoms with Crippen molar-refractivity contribution in [2.45, 2.75) is 20.0 Å². The lowest BCUT2D eigenvalue weighted by atomic mass is 10.3. The molecule has 0 saturated carbocycles. The summed E-state index contributed by atoms with van der Waals surface area (Å²) in [5.41, 5.74) is 0.637. The zero-order chi connectivity index (χ0) is 9.84. The summed E-state index contributed by atoms with van der Waals surface area (Å²) in [7, 11) is 0. The Kier molecular flexibility index (Phi) is 3.25. The summed E-state index contributed by atoms with van der Waals surface area (Å²) in [5, 5.41) is 7.94. The molecule has 1 rings (SSSR count). The van der Waals surface area contributed by atoms with Gasteiger partial charge < -0.3 is 4.74 Å². The van der Waals surface area contributed by atoms with E-state index >= 15 is 0 Å². The molecule has 0 amide bonds. The van der Waals surface area contributed by atoms with Crippen molar-refractivity contribution in [2.75, 3.05) is 0 Å². The van der Waals surface area contributed by atoms with Gasteiger partial charge in [-0.3, -0.25) is 5.41 Å². The van der Waals surface area contributed by atoms with Crippen LogP contribution in [0, 0.1) is 5.41 Å². The van der Waals surface area contributed by atoms with Gasteiger partial charge in [0.25, 0.3) is 0 Å². The van der Waals surface area contributed by atoms with E-state index in [1.54, 1.807) is 12.1 Å². The maximum absolute atomic E-state index is 7.53. The van der Waals surface area contributed by atoms with E-state index in [4.69, 9.17) is 21.7 Å². The van der Waals surface area contributed by atoms with E-state index in [0.717, 1.165) is 0 Å². The molecule has 1 N–H and O–H groups in total. The molecule has 0 atom stereocenters. The highest BCUT2D eigenvalue weighted by molar-refractivity contribution is 6.29. The standard InChI is InChI=1S/C9H11ClN2O/c1-6(2)13-9(11)7-3-4-8(10)12-5-7/h3-6,11H,1-2H3. The molecular weight excluding hydrogens is 188 g/mol. The van der Waals surface area contributed by atoms with Crippen molar-refractivity contribution in [2.24, 2.45) is 0 Å². The predicted octanol–water partition coefficient (Wildman–Crippen LogP) is 2.49. The smallest absolute Gasteiger partial charge is 0.215 e. The van der Waals surface area contributed by atoms with Crippen LogP contribution in [0.25, 0.3) is 0 Å². The van der Waals surface area contributed by atoms with Crippen LogP contribution in [0.2, 0.25) is 5.15 Å². The summed E-state index contributed by atoms with van der Waals surface area (Å²) in [6.07, 6.45) is 1.52. The lowest BCUT2D eigenvalue weighted by Gasteiger charge is -2.09. The van der Waals surface area contributed by atoms with Gasteiger partial charge in [-0.1, -0.05) is 11.6 Å². The Bertz CT molecular complexity index is 295. The Morgan fingerprint density at radius 2 is 2.23 bits per heavy atom. The first-order chi connectivity index (χ1) is 6.09. The predicted molar refractivity (Wildman–Crippen MR) is 52.3 cm³/mol. The third-order valence-corrected chi connectivity index (χ3v) is 1.57. The molecular formula is C9H11ClN2O. The average molecular weight is 199 g/mol. The number of hydrogen-bond donors (Lipinski definition) is 1. The summed E-state index contributed by atoms with van der Waals surface area (Å²) in [5.74, 6) is 0.124. The van der Waals surface area contributed by atoms with Crippen molar-refractivity contribution in [3.8, 4) is 0 Å². The number of nitrogens with one attached hydrogen (secondary N) is 1. The maximum Gasteiger partial charge on any atom is 0.215 e. The maximum atomic E-state index is 7.53. The van der Waals surface area contributed by atoms with Gasteiger partial charge in [0.15, 0.2) is 0 Å². The molecule has 0 aliphatic heterocycles. The van der Waals surface area contributed by atoms with Crippen molar-refractivity contribution < 1.29 is 4.74 Å². The van der Waals surface area contributed by atoms with Crippen LogP contribution in [0.3, 0.4) is 0 Å². The molecule has 0 aliphatic carbocycles. The zero-order valence-electron chi connectivity index (χ0n) is 7.54. The van der Waals surface area contributed by atoms with Gasteiger partial charge in [0.05, 0.1) is 11.7 Å². The second-order valence-electron chi connectivity index (χ2n) is 2.87. The number of aromatic nitrogens is 1. The highest BCUT2D eigenvalue weighted by Crippen LogP contribution is 2.07. The summed E-state index contributed by atoms with van der Waals surface area (Å²) in [6, 6.07) is 3.34. The molecule has 0 fully saturated rings. The Morgan fingerprint density at radius 3 is 2.69 bits per heavy atom. The first-order valence-corrected chi connectivity index (χ1v) is 4.34. The molecule has 0 bridgehead atoms. The molecule has 70 valence electrons. The van der Waals surface area contributed by atoms with Gasteiger partial charge >= 0.3 is 0 Å². The summed E-state index contributed by atoms with van der Waals surface area (Å²) in [6.45, 7) is 3.75. The van der Waals surface area contributed by atoms with Crippen LogP contribution in [-0.4, -0.2) is 17.0 Å². The third kappa shape index (κ3) is 3.03. The monoisotopic (exact) mass is 198 g/mol. The molecule has 1 heterocycles. The first-order valence-electron chi connectivity index (χ1n) is 3.96. The second-order valence-corrected chi connectivity index (χ2v) is 3.25. The molecule has 4 heteroatoms. The van der Waals surface area contributed by atoms with E-state index in [-0.39, 0.29) is 12.0 Å². The molecule has 0 saturated heterocycles. The molecule has 0 radical (unpaired) electrons. The van der Waals surface area contributed by atoms with Gasteiger partial charge in [-0.25, -0.2) is 4.98 Å². The Labute approximate surface area is 82.2 Å². The topological polar surface area (TPSA) is 46.0 Å². The van der Waals surface area contributed by atoms with Crippen molar-refractivity contribution >= 4 is 17.5 Å². The Balaban J connectivity index is 2.72. The average Bonchev–Trinajstić information content (AvgIpc) is 2.04. The summed E-state index contributed by atoms with van der Waals surface area (Å²) < 4.78 is 5.18. The van der Waals surface area contributed by atoms with Gasteiger partial charge in [0.1, 0.15) is 5.15 Å². The van der Waals surface area contributed by atoms with E-state index in [1.165, 1.54) is 6.20 Å². The largest absolute Gasteiger partial charge is 0.475 e. The van der Waals surface area contributed by atoms with Gasteiger partial charge in [0, 0.05) is 6.20 Å². The Hall–Kier alpha value is -1.09. The van der Waals surface area contributed by atoms with Crippen LogP contribution in [0.4, 0.5) is 0 Å². The molecule has 1 aromatic rings. The summed E-state index contributed by atoms with van der Waals surface area (Å²) >= 11 is 5.60. The van der Waals surface area contributed by atoms with Crippen LogP contribution in [0.1, 0.15) is 19.4 Å². The van der Waals surface area contributed by atoms with E-state index in [9.17, 15) is 0 Å². The second kappa shape index (κ2) is 4.23. The normalized spacial score (nSPS) is 10.2. The van der Waals surface area contributed by atoms with E-state index < -0.39 is 0 Å². The van der Waals surface area contributed by atoms with Gasteiger partial charge in [-0.2, -0.15) is 0 Å². The molecule has 0 spiro atoms. The number of hydrogen-bond acceptors (Lipinski definition) is 3. The van der Waals surface area contributed by atoms with Gasteiger partial charge in [0.2, 0.25) is 5.90 Å². The molecule has 3 nitrogen and oxygen atoms in total. The molecule has 0 unspecified atom stereocenters. The van der Waals surface area contributed by atoms with Crippen molar-refractivity contribution in [1.82, 2.24) is 4.98 Å². The van der Waals surface area contributed by atoms with Crippen LogP contribution < -0.4 is 0 Å². The van der Waals surface area contributed by atoms with Crippen LogP contribution in [0.15, 0.2) is 18.3 Å². The highest BCUT2D eigenvalue weighted by Gasteiger charge is 2.04. The lowest BCUT2D eigenvalue weighted by Crippen LogP contribution is -2.11. The summed E-state index contributed by atoms with van der Waals surface area (Å²) in [4.78, 5) is 3.85. The van der Waals surface area contributed by atoms with Crippen LogP contribution >= 0.6 is 11.6 Å². The fourth-order valence-electron chi connectivity index (χ4n) is 0.814. The van der Waals surface area contributed by atoms with E-state index in [1.807, 2.05) is 13.8 Å². The minimum absolute atomic E-state index is 0.00294. The lowest BCUT2D eigenvalue weighted by molar-refractivity contribution is 0.227. The first kappa shape index (κ1) is 9.99. The zero-order valence-corrected chi connectivity index (χ0v) is 8.30. The molecule has 13 heavy (non-hydrogen) atoms. The number of nitrogens with zero attached hydrogens (tertiary/aromatic N) is 1. The van der Waals surface area contributed by atoms with Crippen LogP contribution in [0.5, 0.6) is 0 Å². The molecule has 0 aromatic carbocycles. The van der Waals surface area contributed by atoms with E-state index in [0.29, 0.717) is 10.7 Å². The third-order valence-electron chi connectivity index (χ3n) is 1.34. The van der Waals surface area contributed by atoms with E-state index in [2.05, 4.69) is 4.98 Å². The fraction of sp³-hybridized carbons (Fsp3) is 0.333. The number of rotatable bonds is 2. The minimum atomic E-state index is 0.00294. The number of ether oxygens (including phenoxy) is 1. The van der Waals surface area contributed by atoms with Crippen LogP contribution in [-0.2, 0) is 4.74 Å². The van der Waals surface area contributed by atoms with Crippen molar-refractivity contribution in [3.63, 3.8) is 0 Å². The Morgan fingerprint density at radius 1 is 1.54 bits per heavy atom. The van der Waals surface area contributed by atoms with Gasteiger partial charge in [-0.05, 0) is 26.0 Å². The fourth-order valence-corrected chi connectivity index (χ4v) is 0.926. The van der Waals surface area contributed by atoms with Crippen molar-refractivity contribution in [1.29, 1.82) is 5.41 Å². The SMILES string of the molecule is CC(C)OC(=N)c1ccc(Cl)nc1. The quantitative estimate of drug-likeness (QED) is 0.451. The number of pyridine rings is 1. The molecule has 1 aromatic heterocycles. The molecule has 0 aliphatic rings. The number of halogens is 1. The van der Waals surface area contributed by atoms with Gasteiger partial charge in [-0.15, -0.1) is 0 Å².